The summed E-state index contributed by atoms with van der Waals surface area (Å²) in [6, 6.07) is 28.3. The number of hydrogen-bond acceptors (Lipinski definition) is 3. The molecule has 0 saturated carbocycles. The number of benzene rings is 3. The first-order valence-electron chi connectivity index (χ1n) is 8.32. The molecule has 0 heterocycles. The van der Waals surface area contributed by atoms with E-state index >= 15 is 0 Å². The third-order valence-electron chi connectivity index (χ3n) is 4.08. The molecule has 3 nitrogen and oxygen atoms in total. The van der Waals surface area contributed by atoms with Crippen molar-refractivity contribution in [2.75, 3.05) is 6.61 Å². The average molecular weight is 331 g/mol. The lowest BCUT2D eigenvalue weighted by Gasteiger charge is -2.20. The number of hydrogen-bond donors (Lipinski definition) is 2. The van der Waals surface area contributed by atoms with Crippen LogP contribution in [-0.2, 0) is 0 Å². The topological polar surface area (TPSA) is 52.8 Å². The van der Waals surface area contributed by atoms with Gasteiger partial charge in [-0.25, -0.2) is 0 Å². The standard InChI is InChI=1S/C22H21NO2/c24-16-20(22(25)19-14-8-3-9-15-19)23-21(17-10-4-1-5-11-17)18-12-6-2-7-13-18/h1-15,20,22,24-25H,16H2/t20-,22-/m0/s1. The highest BCUT2D eigenvalue weighted by Gasteiger charge is 2.21. The number of nitrogens with zero attached hydrogens (tertiary/aromatic N) is 1. The molecule has 2 atom stereocenters. The molecule has 0 aliphatic carbocycles. The van der Waals surface area contributed by atoms with Crippen LogP contribution in [0, 0.1) is 0 Å². The summed E-state index contributed by atoms with van der Waals surface area (Å²) in [5, 5.41) is 20.5. The molecule has 0 aliphatic heterocycles. The molecule has 126 valence electrons. The quantitative estimate of drug-likeness (QED) is 0.678. The molecule has 3 aromatic rings. The summed E-state index contributed by atoms with van der Waals surface area (Å²) in [4.78, 5) is 4.73. The third-order valence-corrected chi connectivity index (χ3v) is 4.08. The van der Waals surface area contributed by atoms with Gasteiger partial charge in [0, 0.05) is 11.1 Å². The van der Waals surface area contributed by atoms with Gasteiger partial charge in [0.05, 0.1) is 12.3 Å². The van der Waals surface area contributed by atoms with Gasteiger partial charge in [-0.1, -0.05) is 91.0 Å². The molecule has 0 fully saturated rings. The molecule has 2 N–H and O–H groups in total. The minimum Gasteiger partial charge on any atom is -0.394 e. The van der Waals surface area contributed by atoms with Crippen LogP contribution in [0.25, 0.3) is 0 Å². The maximum absolute atomic E-state index is 10.7. The second-order valence-electron chi connectivity index (χ2n) is 5.82. The van der Waals surface area contributed by atoms with E-state index in [1.54, 1.807) is 0 Å². The van der Waals surface area contributed by atoms with Crippen molar-refractivity contribution in [3.8, 4) is 0 Å². The van der Waals surface area contributed by atoms with Gasteiger partial charge in [-0.05, 0) is 5.56 Å². The lowest BCUT2D eigenvalue weighted by Crippen LogP contribution is -2.23. The molecular formula is C22H21NO2. The van der Waals surface area contributed by atoms with Gasteiger partial charge in [0.15, 0.2) is 0 Å². The van der Waals surface area contributed by atoms with Crippen LogP contribution in [-0.4, -0.2) is 28.6 Å². The van der Waals surface area contributed by atoms with Gasteiger partial charge >= 0.3 is 0 Å². The van der Waals surface area contributed by atoms with E-state index in [0.717, 1.165) is 22.4 Å². The predicted octanol–water partition coefficient (Wildman–Crippen LogP) is 3.62. The van der Waals surface area contributed by atoms with Crippen molar-refractivity contribution in [2.24, 2.45) is 4.99 Å². The zero-order valence-corrected chi connectivity index (χ0v) is 13.9. The minimum absolute atomic E-state index is 0.237. The highest BCUT2D eigenvalue weighted by molar-refractivity contribution is 6.13. The van der Waals surface area contributed by atoms with Crippen molar-refractivity contribution in [3.05, 3.63) is 108 Å². The molecule has 3 rings (SSSR count). The van der Waals surface area contributed by atoms with Crippen LogP contribution in [0.5, 0.6) is 0 Å². The second-order valence-corrected chi connectivity index (χ2v) is 5.82. The highest BCUT2D eigenvalue weighted by atomic mass is 16.3. The van der Waals surface area contributed by atoms with Crippen LogP contribution in [0.1, 0.15) is 22.8 Å². The first kappa shape index (κ1) is 17.1. The van der Waals surface area contributed by atoms with Crippen LogP contribution in [0.2, 0.25) is 0 Å². The lowest BCUT2D eigenvalue weighted by atomic mass is 9.99. The van der Waals surface area contributed by atoms with Crippen LogP contribution >= 0.6 is 0 Å². The maximum Gasteiger partial charge on any atom is 0.104 e. The van der Waals surface area contributed by atoms with Crippen LogP contribution in [0.15, 0.2) is 96.0 Å². The predicted molar refractivity (Wildman–Crippen MR) is 101 cm³/mol. The smallest absolute Gasteiger partial charge is 0.104 e. The lowest BCUT2D eigenvalue weighted by molar-refractivity contribution is 0.110. The maximum atomic E-state index is 10.7. The first-order valence-corrected chi connectivity index (χ1v) is 8.32. The van der Waals surface area contributed by atoms with Crippen molar-refractivity contribution in [1.82, 2.24) is 0 Å². The Kier molecular flexibility index (Phi) is 5.73. The van der Waals surface area contributed by atoms with Crippen LogP contribution in [0.3, 0.4) is 0 Å². The van der Waals surface area contributed by atoms with E-state index in [-0.39, 0.29) is 6.61 Å². The van der Waals surface area contributed by atoms with Gasteiger partial charge in [0.2, 0.25) is 0 Å². The molecule has 0 aromatic heterocycles. The Hall–Kier alpha value is -2.75. The van der Waals surface area contributed by atoms with Gasteiger partial charge in [0.1, 0.15) is 12.1 Å². The number of aliphatic hydroxyl groups is 2. The van der Waals surface area contributed by atoms with E-state index in [1.807, 2.05) is 91.0 Å². The van der Waals surface area contributed by atoms with Crippen LogP contribution in [0.4, 0.5) is 0 Å². The zero-order valence-electron chi connectivity index (χ0n) is 13.9. The van der Waals surface area contributed by atoms with E-state index in [1.165, 1.54) is 0 Å². The molecule has 25 heavy (non-hydrogen) atoms. The minimum atomic E-state index is -0.867. The summed E-state index contributed by atoms with van der Waals surface area (Å²) in [5.41, 5.74) is 3.40. The van der Waals surface area contributed by atoms with Crippen molar-refractivity contribution in [3.63, 3.8) is 0 Å². The molecule has 0 aliphatic rings. The summed E-state index contributed by atoms with van der Waals surface area (Å²) in [6.45, 7) is -0.237. The molecule has 3 aromatic carbocycles. The highest BCUT2D eigenvalue weighted by Crippen LogP contribution is 2.21. The van der Waals surface area contributed by atoms with E-state index in [2.05, 4.69) is 0 Å². The molecule has 0 saturated heterocycles. The molecule has 3 heteroatoms. The number of rotatable bonds is 6. The van der Waals surface area contributed by atoms with Gasteiger partial charge in [0.25, 0.3) is 0 Å². The summed E-state index contributed by atoms with van der Waals surface area (Å²) in [7, 11) is 0. The summed E-state index contributed by atoms with van der Waals surface area (Å²) in [6.07, 6.45) is -0.867. The van der Waals surface area contributed by atoms with E-state index < -0.39 is 12.1 Å². The third kappa shape index (κ3) is 4.21. The van der Waals surface area contributed by atoms with Crippen molar-refractivity contribution < 1.29 is 10.2 Å². The average Bonchev–Trinajstić information content (AvgIpc) is 2.70. The monoisotopic (exact) mass is 331 g/mol. The zero-order chi connectivity index (χ0) is 17.5. The van der Waals surface area contributed by atoms with Crippen molar-refractivity contribution in [1.29, 1.82) is 0 Å². The van der Waals surface area contributed by atoms with E-state index in [9.17, 15) is 10.2 Å². The van der Waals surface area contributed by atoms with Gasteiger partial charge in [-0.15, -0.1) is 0 Å². The number of aliphatic imine (C=N–C) groups is 1. The fraction of sp³-hybridized carbons (Fsp3) is 0.136. The largest absolute Gasteiger partial charge is 0.394 e. The normalized spacial score (nSPS) is 13.0. The SMILES string of the molecule is OC[C@H](N=C(c1ccccc1)c1ccccc1)[C@@H](O)c1ccccc1. The Balaban J connectivity index is 2.02. The number of aliphatic hydroxyl groups excluding tert-OH is 2. The molecule has 0 radical (unpaired) electrons. The summed E-state index contributed by atoms with van der Waals surface area (Å²) >= 11 is 0. The molecule has 0 spiro atoms. The molecule has 0 amide bonds. The Morgan fingerprint density at radius 1 is 0.720 bits per heavy atom. The van der Waals surface area contributed by atoms with Crippen molar-refractivity contribution >= 4 is 5.71 Å². The Labute approximate surface area is 147 Å². The first-order chi connectivity index (χ1) is 12.3. The summed E-state index contributed by atoms with van der Waals surface area (Å²) in [5.74, 6) is 0. The molecule has 0 bridgehead atoms. The summed E-state index contributed by atoms with van der Waals surface area (Å²) < 4.78 is 0. The molecule has 0 unspecified atom stereocenters. The molecular weight excluding hydrogens is 310 g/mol. The van der Waals surface area contributed by atoms with Gasteiger partial charge in [-0.2, -0.15) is 0 Å². The van der Waals surface area contributed by atoms with Crippen molar-refractivity contribution in [2.45, 2.75) is 12.1 Å². The Morgan fingerprint density at radius 3 is 1.60 bits per heavy atom. The fourth-order valence-electron chi connectivity index (χ4n) is 2.76. The van der Waals surface area contributed by atoms with Gasteiger partial charge in [-0.3, -0.25) is 4.99 Å². The van der Waals surface area contributed by atoms with Gasteiger partial charge < -0.3 is 10.2 Å². The van der Waals surface area contributed by atoms with E-state index in [0.29, 0.717) is 0 Å². The Bertz CT molecular complexity index is 760. The Morgan fingerprint density at radius 2 is 1.16 bits per heavy atom. The fourth-order valence-corrected chi connectivity index (χ4v) is 2.76. The van der Waals surface area contributed by atoms with E-state index in [4.69, 9.17) is 4.99 Å². The van der Waals surface area contributed by atoms with Crippen LogP contribution < -0.4 is 0 Å². The second kappa shape index (κ2) is 8.38.